The molecule has 6 heteroatoms. The predicted molar refractivity (Wildman–Crippen MR) is 91.3 cm³/mol. The van der Waals surface area contributed by atoms with Crippen LogP contribution >= 0.6 is 12.4 Å². The summed E-state index contributed by atoms with van der Waals surface area (Å²) < 4.78 is 24.6. The number of rotatable bonds is 8. The Morgan fingerprint density at radius 1 is 1.26 bits per heavy atom. The fourth-order valence-electron chi connectivity index (χ4n) is 2.38. The van der Waals surface area contributed by atoms with Crippen LogP contribution in [0.1, 0.15) is 40.5 Å². The third-order valence-corrected chi connectivity index (χ3v) is 3.72. The third kappa shape index (κ3) is 6.75. The summed E-state index contributed by atoms with van der Waals surface area (Å²) in [5.74, 6) is -0.202. The Hall–Kier alpha value is -1.33. The van der Waals surface area contributed by atoms with Crippen molar-refractivity contribution in [2.24, 2.45) is 11.7 Å². The van der Waals surface area contributed by atoms with E-state index < -0.39 is 18.1 Å². The Bertz CT molecular complexity index is 481. The molecule has 0 aliphatic rings. The van der Waals surface area contributed by atoms with Gasteiger partial charge in [-0.1, -0.05) is 19.9 Å². The van der Waals surface area contributed by atoms with Crippen molar-refractivity contribution in [1.29, 1.82) is 0 Å². The van der Waals surface area contributed by atoms with Crippen molar-refractivity contribution in [2.45, 2.75) is 58.8 Å². The highest BCUT2D eigenvalue weighted by Crippen LogP contribution is 2.25. The van der Waals surface area contributed by atoms with Gasteiger partial charge in [0.15, 0.2) is 0 Å². The monoisotopic (exact) mass is 347 g/mol. The molecule has 0 aliphatic carbocycles. The molecule has 0 aliphatic heterocycles. The van der Waals surface area contributed by atoms with Crippen LogP contribution in [0.25, 0.3) is 0 Å². The van der Waals surface area contributed by atoms with Gasteiger partial charge in [0, 0.05) is 6.07 Å². The molecule has 0 amide bonds. The molecule has 3 atom stereocenters. The molecule has 1 rings (SSSR count). The van der Waals surface area contributed by atoms with E-state index in [2.05, 4.69) is 13.8 Å². The van der Waals surface area contributed by atoms with Gasteiger partial charge in [-0.25, -0.2) is 4.39 Å². The molecule has 0 spiro atoms. The topological polar surface area (TPSA) is 61.5 Å². The van der Waals surface area contributed by atoms with Crippen LogP contribution in [0.2, 0.25) is 0 Å². The van der Waals surface area contributed by atoms with E-state index in [1.54, 1.807) is 26.0 Å². The Morgan fingerprint density at radius 2 is 1.87 bits per heavy atom. The molecule has 4 nitrogen and oxygen atoms in total. The van der Waals surface area contributed by atoms with E-state index in [0.717, 1.165) is 12.8 Å². The molecular formula is C17H27ClFNO3. The molecule has 0 fully saturated rings. The average Bonchev–Trinajstić information content (AvgIpc) is 2.47. The van der Waals surface area contributed by atoms with Crippen LogP contribution < -0.4 is 10.5 Å². The predicted octanol–water partition coefficient (Wildman–Crippen LogP) is 3.71. The van der Waals surface area contributed by atoms with Crippen LogP contribution in [0.4, 0.5) is 4.39 Å². The summed E-state index contributed by atoms with van der Waals surface area (Å²) in [6.07, 6.45) is 0.929. The zero-order chi connectivity index (χ0) is 16.7. The quantitative estimate of drug-likeness (QED) is 0.728. The number of carbonyl (C=O) groups excluding carboxylic acids is 1. The molecule has 0 unspecified atom stereocenters. The van der Waals surface area contributed by atoms with Crippen molar-refractivity contribution < 1.29 is 18.7 Å². The van der Waals surface area contributed by atoms with Crippen molar-refractivity contribution in [3.63, 3.8) is 0 Å². The van der Waals surface area contributed by atoms with Crippen molar-refractivity contribution in [3.8, 4) is 5.75 Å². The van der Waals surface area contributed by atoms with Crippen molar-refractivity contribution in [3.05, 3.63) is 30.1 Å². The number of halogens is 2. The number of carbonyl (C=O) groups is 1. The fraction of sp³-hybridized carbons (Fsp3) is 0.588. The number of nitrogens with two attached hydrogens (primary N) is 1. The van der Waals surface area contributed by atoms with Gasteiger partial charge in [0.1, 0.15) is 29.8 Å². The molecule has 23 heavy (non-hydrogen) atoms. The normalized spacial score (nSPS) is 14.6. The highest BCUT2D eigenvalue weighted by atomic mass is 35.5. The number of benzene rings is 1. The van der Waals surface area contributed by atoms with Crippen molar-refractivity contribution in [2.75, 3.05) is 0 Å². The molecule has 1 aromatic carbocycles. The molecule has 0 heterocycles. The molecule has 2 N–H and O–H groups in total. The lowest BCUT2D eigenvalue weighted by atomic mass is 9.93. The minimum atomic E-state index is -0.682. The second kappa shape index (κ2) is 10.4. The van der Waals surface area contributed by atoms with Crippen LogP contribution in [0.15, 0.2) is 24.3 Å². The van der Waals surface area contributed by atoms with Gasteiger partial charge in [-0.3, -0.25) is 4.79 Å². The zero-order valence-electron chi connectivity index (χ0n) is 14.1. The molecule has 0 saturated heterocycles. The lowest BCUT2D eigenvalue weighted by Crippen LogP contribution is -2.42. The van der Waals surface area contributed by atoms with E-state index in [-0.39, 0.29) is 30.2 Å². The number of hydrogen-bond acceptors (Lipinski definition) is 4. The van der Waals surface area contributed by atoms with Gasteiger partial charge in [0.05, 0.1) is 0 Å². The number of esters is 1. The Morgan fingerprint density at radius 3 is 2.35 bits per heavy atom. The van der Waals surface area contributed by atoms with Gasteiger partial charge in [-0.15, -0.1) is 12.4 Å². The van der Waals surface area contributed by atoms with Gasteiger partial charge in [-0.05, 0) is 44.7 Å². The van der Waals surface area contributed by atoms with E-state index in [0.29, 0.717) is 5.75 Å². The highest BCUT2D eigenvalue weighted by molar-refractivity contribution is 5.85. The maximum Gasteiger partial charge on any atom is 0.323 e. The summed E-state index contributed by atoms with van der Waals surface area (Å²) in [6, 6.07) is 5.29. The lowest BCUT2D eigenvalue weighted by molar-refractivity contribution is -0.155. The van der Waals surface area contributed by atoms with E-state index in [1.807, 2.05) is 0 Å². The first-order chi connectivity index (χ1) is 10.4. The van der Waals surface area contributed by atoms with Gasteiger partial charge < -0.3 is 15.2 Å². The minimum absolute atomic E-state index is 0. The van der Waals surface area contributed by atoms with Gasteiger partial charge in [-0.2, -0.15) is 0 Å². The first-order valence-corrected chi connectivity index (χ1v) is 7.77. The lowest BCUT2D eigenvalue weighted by Gasteiger charge is -2.31. The van der Waals surface area contributed by atoms with Crippen LogP contribution in [0, 0.1) is 11.7 Å². The minimum Gasteiger partial charge on any atom is -0.486 e. The number of ether oxygens (including phenoxy) is 2. The summed E-state index contributed by atoms with van der Waals surface area (Å²) in [6.45, 7) is 7.46. The van der Waals surface area contributed by atoms with Crippen LogP contribution in [0.3, 0.4) is 0 Å². The van der Waals surface area contributed by atoms with Crippen LogP contribution in [-0.4, -0.2) is 24.2 Å². The maximum absolute atomic E-state index is 13.3. The Labute approximate surface area is 143 Å². The summed E-state index contributed by atoms with van der Waals surface area (Å²) in [5, 5.41) is 0. The highest BCUT2D eigenvalue weighted by Gasteiger charge is 2.30. The first kappa shape index (κ1) is 21.7. The molecule has 1 aromatic rings. The standard InChI is InChI=1S/C17H26FNO3.ClH/c1-5-13(6-2)16(12(4)21-17(20)11(3)19)22-15-9-7-8-14(18)10-15;/h7-13,16H,5-6,19H2,1-4H3;1H/t11-,12-,16+;/m0./s1. The second-order valence-electron chi connectivity index (χ2n) is 5.55. The van der Waals surface area contributed by atoms with Gasteiger partial charge in [0.25, 0.3) is 0 Å². The zero-order valence-corrected chi connectivity index (χ0v) is 14.9. The summed E-state index contributed by atoms with van der Waals surface area (Å²) >= 11 is 0. The Kier molecular flexibility index (Phi) is 9.84. The van der Waals surface area contributed by atoms with E-state index in [1.165, 1.54) is 12.1 Å². The van der Waals surface area contributed by atoms with E-state index in [9.17, 15) is 9.18 Å². The summed E-state index contributed by atoms with van der Waals surface area (Å²) in [5.41, 5.74) is 5.53. The molecule has 132 valence electrons. The number of hydrogen-bond donors (Lipinski definition) is 1. The average molecular weight is 348 g/mol. The molecule has 0 aromatic heterocycles. The van der Waals surface area contributed by atoms with Crippen molar-refractivity contribution >= 4 is 18.4 Å². The van der Waals surface area contributed by atoms with E-state index in [4.69, 9.17) is 15.2 Å². The maximum atomic E-state index is 13.3. The van der Waals surface area contributed by atoms with Gasteiger partial charge in [0.2, 0.25) is 0 Å². The molecule has 0 radical (unpaired) electrons. The van der Waals surface area contributed by atoms with Gasteiger partial charge >= 0.3 is 5.97 Å². The summed E-state index contributed by atoms with van der Waals surface area (Å²) in [4.78, 5) is 11.7. The Balaban J connectivity index is 0.00000484. The summed E-state index contributed by atoms with van der Waals surface area (Å²) in [7, 11) is 0. The van der Waals surface area contributed by atoms with Crippen LogP contribution in [-0.2, 0) is 9.53 Å². The fourth-order valence-corrected chi connectivity index (χ4v) is 2.38. The first-order valence-electron chi connectivity index (χ1n) is 7.77. The largest absolute Gasteiger partial charge is 0.486 e. The third-order valence-electron chi connectivity index (χ3n) is 3.72. The smallest absolute Gasteiger partial charge is 0.323 e. The molecule has 0 bridgehead atoms. The van der Waals surface area contributed by atoms with Crippen LogP contribution in [0.5, 0.6) is 5.75 Å². The molecular weight excluding hydrogens is 321 g/mol. The SMILES string of the molecule is CCC(CC)[C@H](Oc1cccc(F)c1)[C@H](C)OC(=O)[C@H](C)N.Cl. The van der Waals surface area contributed by atoms with E-state index >= 15 is 0 Å². The molecule has 0 saturated carbocycles. The van der Waals surface area contributed by atoms with Crippen molar-refractivity contribution in [1.82, 2.24) is 0 Å². The second-order valence-corrected chi connectivity index (χ2v) is 5.55.